The van der Waals surface area contributed by atoms with Crippen LogP contribution in [0.5, 0.6) is 11.6 Å². The first-order valence-electron chi connectivity index (χ1n) is 13.6. The van der Waals surface area contributed by atoms with Crippen molar-refractivity contribution in [3.63, 3.8) is 0 Å². The molecule has 194 valence electrons. The zero-order valence-electron chi connectivity index (χ0n) is 21.0. The number of aromatic nitrogens is 1. The fraction of sp³-hybridized carbons (Fsp3) is 0.500. The number of nitrogens with zero attached hydrogens (tertiary/aromatic N) is 2. The minimum atomic E-state index is -0.187. The number of hydrogen-bond acceptors (Lipinski definition) is 6. The Morgan fingerprint density at radius 2 is 1.65 bits per heavy atom. The average Bonchev–Trinajstić information content (AvgIpc) is 3.25. The number of phenolic OH excluding ortho intramolecular Hbond substituents is 1. The molecule has 4 aliphatic carbocycles. The van der Waals surface area contributed by atoms with Crippen LogP contribution < -0.4 is 4.90 Å². The van der Waals surface area contributed by atoms with Gasteiger partial charge >= 0.3 is 0 Å². The van der Waals surface area contributed by atoms with Crippen molar-refractivity contribution in [3.8, 4) is 22.8 Å². The van der Waals surface area contributed by atoms with Crippen molar-refractivity contribution in [2.45, 2.75) is 50.4 Å². The molecule has 4 saturated carbocycles. The van der Waals surface area contributed by atoms with Crippen LogP contribution in [0.15, 0.2) is 36.4 Å². The molecule has 0 atom stereocenters. The van der Waals surface area contributed by atoms with Crippen LogP contribution in [0.25, 0.3) is 11.1 Å². The quantitative estimate of drug-likeness (QED) is 0.416. The lowest BCUT2D eigenvalue weighted by atomic mass is 9.48. The normalized spacial score (nSPS) is 28.7. The minimum absolute atomic E-state index is 0.00570. The van der Waals surface area contributed by atoms with Gasteiger partial charge in [0.05, 0.1) is 18.1 Å². The van der Waals surface area contributed by atoms with E-state index in [1.807, 2.05) is 12.1 Å². The zero-order valence-corrected chi connectivity index (χ0v) is 21.8. The highest BCUT2D eigenvalue weighted by Gasteiger charge is 2.51. The van der Waals surface area contributed by atoms with Crippen molar-refractivity contribution in [1.29, 1.82) is 0 Å². The number of halogens is 1. The Labute approximate surface area is 220 Å². The molecule has 0 amide bonds. The van der Waals surface area contributed by atoms with Crippen LogP contribution in [0.3, 0.4) is 0 Å². The van der Waals surface area contributed by atoms with E-state index in [1.54, 1.807) is 18.2 Å². The summed E-state index contributed by atoms with van der Waals surface area (Å²) >= 11 is 1.45. The molecule has 1 saturated heterocycles. The van der Waals surface area contributed by atoms with Gasteiger partial charge in [-0.25, -0.2) is 4.39 Å². The van der Waals surface area contributed by atoms with E-state index in [1.165, 1.54) is 49.9 Å². The van der Waals surface area contributed by atoms with Gasteiger partial charge in [-0.15, -0.1) is 0 Å². The summed E-state index contributed by atoms with van der Waals surface area (Å²) in [4.78, 5) is 7.20. The molecule has 2 aromatic carbocycles. The van der Waals surface area contributed by atoms with Gasteiger partial charge in [0.15, 0.2) is 5.13 Å². The molecule has 1 aromatic heterocycles. The fourth-order valence-corrected chi connectivity index (χ4v) is 8.97. The van der Waals surface area contributed by atoms with Crippen LogP contribution in [0, 0.1) is 23.6 Å². The molecule has 0 radical (unpaired) electrons. The number of anilines is 1. The van der Waals surface area contributed by atoms with Gasteiger partial charge in [-0.1, -0.05) is 23.5 Å². The molecule has 7 heteroatoms. The van der Waals surface area contributed by atoms with Crippen molar-refractivity contribution >= 4 is 16.5 Å². The van der Waals surface area contributed by atoms with Crippen molar-refractivity contribution < 1.29 is 19.3 Å². The lowest BCUT2D eigenvalue weighted by Crippen LogP contribution is -2.48. The van der Waals surface area contributed by atoms with E-state index in [-0.39, 0.29) is 22.9 Å². The summed E-state index contributed by atoms with van der Waals surface area (Å²) in [5, 5.41) is 22.0. The second kappa shape index (κ2) is 8.98. The van der Waals surface area contributed by atoms with Gasteiger partial charge in [-0.05, 0) is 108 Å². The lowest BCUT2D eigenvalue weighted by molar-refractivity contribution is -0.00529. The Kier molecular flexibility index (Phi) is 5.70. The summed E-state index contributed by atoms with van der Waals surface area (Å²) in [5.74, 6) is 2.38. The van der Waals surface area contributed by atoms with E-state index in [0.29, 0.717) is 30.1 Å². The van der Waals surface area contributed by atoms with Gasteiger partial charge in [0.25, 0.3) is 0 Å². The Morgan fingerprint density at radius 1 is 0.946 bits per heavy atom. The van der Waals surface area contributed by atoms with E-state index >= 15 is 4.39 Å². The Bertz CT molecular complexity index is 1300. The maximum atomic E-state index is 15.1. The molecule has 5 fully saturated rings. The number of hydrogen-bond donors (Lipinski definition) is 2. The number of morpholine rings is 1. The number of phenols is 1. The minimum Gasteiger partial charge on any atom is -0.508 e. The standard InChI is InChI=1S/C30H33FN2O3S/c31-25-12-22(11-24(14-25)30-15-18-7-19(16-30)9-20(8-18)17-30)21-1-2-26(34)23(10-21)13-27-28(35)32-29(37-27)33-3-5-36-6-4-33/h1-2,10-12,14,18-20,34-35H,3-9,13,15-17H2. The number of ether oxygens (including phenoxy) is 1. The maximum absolute atomic E-state index is 15.1. The van der Waals surface area contributed by atoms with Crippen LogP contribution in [-0.2, 0) is 16.6 Å². The number of thiazole rings is 1. The molecule has 8 rings (SSSR count). The molecule has 1 aliphatic heterocycles. The van der Waals surface area contributed by atoms with E-state index in [9.17, 15) is 10.2 Å². The Balaban J connectivity index is 1.19. The topological polar surface area (TPSA) is 65.8 Å². The van der Waals surface area contributed by atoms with Crippen molar-refractivity contribution in [3.05, 3.63) is 58.2 Å². The number of benzene rings is 2. The zero-order chi connectivity index (χ0) is 25.1. The van der Waals surface area contributed by atoms with E-state index in [0.717, 1.165) is 52.7 Å². The fourth-order valence-electron chi connectivity index (χ4n) is 7.94. The lowest BCUT2D eigenvalue weighted by Gasteiger charge is -2.57. The molecule has 3 aromatic rings. The first-order valence-corrected chi connectivity index (χ1v) is 14.4. The van der Waals surface area contributed by atoms with E-state index in [2.05, 4.69) is 16.0 Å². The first kappa shape index (κ1) is 23.5. The largest absolute Gasteiger partial charge is 0.508 e. The molecule has 5 nitrogen and oxygen atoms in total. The van der Waals surface area contributed by atoms with Gasteiger partial charge in [0, 0.05) is 19.5 Å². The SMILES string of the molecule is Oc1ccc(-c2cc(F)cc(C34CC5CC(CC(C5)C3)C4)c2)cc1Cc1sc(N2CCOCC2)nc1O. The predicted octanol–water partition coefficient (Wildman–Crippen LogP) is 6.26. The molecule has 2 N–H and O–H groups in total. The predicted molar refractivity (Wildman–Crippen MR) is 143 cm³/mol. The van der Waals surface area contributed by atoms with Gasteiger partial charge in [-0.2, -0.15) is 4.98 Å². The second-order valence-electron chi connectivity index (χ2n) is 11.8. The summed E-state index contributed by atoms with van der Waals surface area (Å²) in [6.07, 6.45) is 8.03. The van der Waals surface area contributed by atoms with Gasteiger partial charge in [0.1, 0.15) is 11.6 Å². The monoisotopic (exact) mass is 520 g/mol. The van der Waals surface area contributed by atoms with Gasteiger partial charge < -0.3 is 19.8 Å². The maximum Gasteiger partial charge on any atom is 0.227 e. The second-order valence-corrected chi connectivity index (χ2v) is 12.9. The van der Waals surface area contributed by atoms with Crippen LogP contribution in [0.1, 0.15) is 54.5 Å². The molecule has 4 bridgehead atoms. The number of aromatic hydroxyl groups is 2. The van der Waals surface area contributed by atoms with Crippen molar-refractivity contribution in [2.24, 2.45) is 17.8 Å². The van der Waals surface area contributed by atoms with Crippen LogP contribution in [-0.4, -0.2) is 41.5 Å². The molecule has 0 spiro atoms. The first-order chi connectivity index (χ1) is 17.9. The highest BCUT2D eigenvalue weighted by Crippen LogP contribution is 2.61. The highest BCUT2D eigenvalue weighted by atomic mass is 32.1. The molecule has 2 heterocycles. The Morgan fingerprint density at radius 3 is 2.35 bits per heavy atom. The summed E-state index contributed by atoms with van der Waals surface area (Å²) in [7, 11) is 0. The van der Waals surface area contributed by atoms with Crippen LogP contribution >= 0.6 is 11.3 Å². The van der Waals surface area contributed by atoms with Crippen LogP contribution in [0.4, 0.5) is 9.52 Å². The van der Waals surface area contributed by atoms with E-state index < -0.39 is 0 Å². The molecule has 37 heavy (non-hydrogen) atoms. The average molecular weight is 521 g/mol. The van der Waals surface area contributed by atoms with Crippen LogP contribution in [0.2, 0.25) is 0 Å². The van der Waals surface area contributed by atoms with E-state index in [4.69, 9.17) is 4.74 Å². The summed E-state index contributed by atoms with van der Waals surface area (Å²) in [6, 6.07) is 11.1. The van der Waals surface area contributed by atoms with Gasteiger partial charge in [0.2, 0.25) is 5.88 Å². The molecular formula is C30H33FN2O3S. The third kappa shape index (κ3) is 4.30. The summed E-state index contributed by atoms with van der Waals surface area (Å²) < 4.78 is 20.5. The third-order valence-corrected chi connectivity index (χ3v) is 10.4. The molecular weight excluding hydrogens is 487 g/mol. The Hall–Kier alpha value is -2.64. The molecule has 5 aliphatic rings. The summed E-state index contributed by atoms with van der Waals surface area (Å²) in [6.45, 7) is 2.80. The van der Waals surface area contributed by atoms with Crippen molar-refractivity contribution in [2.75, 3.05) is 31.2 Å². The highest BCUT2D eigenvalue weighted by molar-refractivity contribution is 7.15. The molecule has 0 unspecified atom stereocenters. The van der Waals surface area contributed by atoms with Gasteiger partial charge in [-0.3, -0.25) is 0 Å². The smallest absolute Gasteiger partial charge is 0.227 e. The summed E-state index contributed by atoms with van der Waals surface area (Å²) in [5.41, 5.74) is 3.72. The van der Waals surface area contributed by atoms with Crippen molar-refractivity contribution in [1.82, 2.24) is 4.98 Å². The third-order valence-electron chi connectivity index (χ3n) is 9.26. The number of rotatable bonds is 5.